The standard InChI is InChI=1S/C17H27N3O2/c1-12-7-8-15(19-11-12)14(18)10-13-6-5-9-20(13)16(21)22-17(2,3)4/h7-8,11,13-14H,5-6,9-10,18H2,1-4H3. The number of carbonyl (C=O) groups excluding carboxylic acids is 1. The molecule has 1 aromatic heterocycles. The summed E-state index contributed by atoms with van der Waals surface area (Å²) in [5.41, 5.74) is 7.80. The van der Waals surface area contributed by atoms with Crippen molar-refractivity contribution in [2.75, 3.05) is 6.54 Å². The lowest BCUT2D eigenvalue weighted by molar-refractivity contribution is 0.0215. The lowest BCUT2D eigenvalue weighted by atomic mass is 10.0. The summed E-state index contributed by atoms with van der Waals surface area (Å²) in [7, 11) is 0. The first-order chi connectivity index (χ1) is 10.3. The number of ether oxygens (including phenoxy) is 1. The number of likely N-dealkylation sites (tertiary alicyclic amines) is 1. The van der Waals surface area contributed by atoms with Crippen LogP contribution in [0.4, 0.5) is 4.79 Å². The van der Waals surface area contributed by atoms with Crippen molar-refractivity contribution in [2.24, 2.45) is 5.73 Å². The van der Waals surface area contributed by atoms with Gasteiger partial charge in [-0.3, -0.25) is 4.98 Å². The molecule has 5 nitrogen and oxygen atoms in total. The zero-order valence-corrected chi connectivity index (χ0v) is 14.0. The highest BCUT2D eigenvalue weighted by Gasteiger charge is 2.33. The van der Waals surface area contributed by atoms with Crippen molar-refractivity contribution >= 4 is 6.09 Å². The number of nitrogens with two attached hydrogens (primary N) is 1. The highest BCUT2D eigenvalue weighted by atomic mass is 16.6. The number of nitrogens with zero attached hydrogens (tertiary/aromatic N) is 2. The monoisotopic (exact) mass is 305 g/mol. The van der Waals surface area contributed by atoms with Crippen LogP contribution >= 0.6 is 0 Å². The molecule has 0 bridgehead atoms. The highest BCUT2D eigenvalue weighted by molar-refractivity contribution is 5.68. The second kappa shape index (κ2) is 6.65. The zero-order chi connectivity index (χ0) is 16.3. The lowest BCUT2D eigenvalue weighted by Crippen LogP contribution is -2.41. The molecule has 2 heterocycles. The van der Waals surface area contributed by atoms with Crippen LogP contribution in [0.15, 0.2) is 18.3 Å². The number of pyridine rings is 1. The van der Waals surface area contributed by atoms with E-state index >= 15 is 0 Å². The molecule has 1 saturated heterocycles. The van der Waals surface area contributed by atoms with Gasteiger partial charge in [-0.25, -0.2) is 4.79 Å². The molecule has 2 N–H and O–H groups in total. The largest absolute Gasteiger partial charge is 0.444 e. The maximum atomic E-state index is 12.3. The molecule has 122 valence electrons. The van der Waals surface area contributed by atoms with Crippen molar-refractivity contribution in [3.8, 4) is 0 Å². The summed E-state index contributed by atoms with van der Waals surface area (Å²) >= 11 is 0. The number of amides is 1. The van der Waals surface area contributed by atoms with Crippen LogP contribution in [-0.4, -0.2) is 34.2 Å². The quantitative estimate of drug-likeness (QED) is 0.931. The van der Waals surface area contributed by atoms with Gasteiger partial charge in [0.2, 0.25) is 0 Å². The summed E-state index contributed by atoms with van der Waals surface area (Å²) < 4.78 is 5.49. The normalized spacial score (nSPS) is 20.0. The SMILES string of the molecule is Cc1ccc(C(N)CC2CCCN2C(=O)OC(C)(C)C)nc1. The molecule has 22 heavy (non-hydrogen) atoms. The average molecular weight is 305 g/mol. The van der Waals surface area contributed by atoms with E-state index in [9.17, 15) is 4.79 Å². The van der Waals surface area contributed by atoms with Gasteiger partial charge in [0.05, 0.1) is 5.69 Å². The minimum absolute atomic E-state index is 0.132. The number of aryl methyl sites for hydroxylation is 1. The Labute approximate surface area is 132 Å². The first-order valence-corrected chi connectivity index (χ1v) is 7.94. The summed E-state index contributed by atoms with van der Waals surface area (Å²) in [5, 5.41) is 0. The van der Waals surface area contributed by atoms with Crippen LogP contribution in [0.3, 0.4) is 0 Å². The molecule has 2 atom stereocenters. The van der Waals surface area contributed by atoms with Crippen LogP contribution in [0.25, 0.3) is 0 Å². The third kappa shape index (κ3) is 4.44. The molecule has 0 aliphatic carbocycles. The topological polar surface area (TPSA) is 68.5 Å². The van der Waals surface area contributed by atoms with Crippen LogP contribution in [0.1, 0.15) is 57.3 Å². The Morgan fingerprint density at radius 2 is 2.23 bits per heavy atom. The fourth-order valence-electron chi connectivity index (χ4n) is 2.75. The zero-order valence-electron chi connectivity index (χ0n) is 14.0. The van der Waals surface area contributed by atoms with Crippen LogP contribution < -0.4 is 5.73 Å². The van der Waals surface area contributed by atoms with E-state index in [1.165, 1.54) is 0 Å². The van der Waals surface area contributed by atoms with Crippen molar-refractivity contribution in [3.63, 3.8) is 0 Å². The minimum atomic E-state index is -0.467. The van der Waals surface area contributed by atoms with Gasteiger partial charge in [0.25, 0.3) is 0 Å². The number of hydrogen-bond donors (Lipinski definition) is 1. The molecule has 1 amide bonds. The molecule has 1 aliphatic rings. The predicted molar refractivity (Wildman–Crippen MR) is 86.5 cm³/mol. The molecular weight excluding hydrogens is 278 g/mol. The summed E-state index contributed by atoms with van der Waals surface area (Å²) in [5.74, 6) is 0. The van der Waals surface area contributed by atoms with Gasteiger partial charge in [0.15, 0.2) is 0 Å². The minimum Gasteiger partial charge on any atom is -0.444 e. The highest BCUT2D eigenvalue weighted by Crippen LogP contribution is 2.27. The van der Waals surface area contributed by atoms with Gasteiger partial charge in [0.1, 0.15) is 5.60 Å². The Morgan fingerprint density at radius 3 is 2.82 bits per heavy atom. The first-order valence-electron chi connectivity index (χ1n) is 7.94. The van der Waals surface area contributed by atoms with Gasteiger partial charge in [-0.1, -0.05) is 6.07 Å². The molecule has 2 unspecified atom stereocenters. The van der Waals surface area contributed by atoms with Gasteiger partial charge in [-0.05, 0) is 58.6 Å². The van der Waals surface area contributed by atoms with Crippen molar-refractivity contribution in [2.45, 2.75) is 64.6 Å². The molecule has 0 aromatic carbocycles. The van der Waals surface area contributed by atoms with Crippen molar-refractivity contribution in [1.29, 1.82) is 0 Å². The summed E-state index contributed by atoms with van der Waals surface area (Å²) in [4.78, 5) is 18.5. The van der Waals surface area contributed by atoms with E-state index in [0.29, 0.717) is 0 Å². The molecule has 0 saturated carbocycles. The van der Waals surface area contributed by atoms with Crippen molar-refractivity contribution in [3.05, 3.63) is 29.6 Å². The lowest BCUT2D eigenvalue weighted by Gasteiger charge is -2.29. The van der Waals surface area contributed by atoms with E-state index in [4.69, 9.17) is 10.5 Å². The second-order valence-electron chi connectivity index (χ2n) is 7.07. The maximum absolute atomic E-state index is 12.3. The average Bonchev–Trinajstić information content (AvgIpc) is 2.85. The van der Waals surface area contributed by atoms with E-state index in [1.54, 1.807) is 0 Å². The van der Waals surface area contributed by atoms with Gasteiger partial charge >= 0.3 is 6.09 Å². The fraction of sp³-hybridized carbons (Fsp3) is 0.647. The van der Waals surface area contributed by atoms with E-state index < -0.39 is 5.60 Å². The Hall–Kier alpha value is -1.62. The Kier molecular flexibility index (Phi) is 5.06. The molecule has 2 rings (SSSR count). The molecule has 1 fully saturated rings. The second-order valence-corrected chi connectivity index (χ2v) is 7.07. The molecule has 1 aliphatic heterocycles. The van der Waals surface area contributed by atoms with Crippen LogP contribution in [0, 0.1) is 6.92 Å². The number of rotatable bonds is 3. The first kappa shape index (κ1) is 16.7. The molecule has 0 radical (unpaired) electrons. The van der Waals surface area contributed by atoms with Crippen molar-refractivity contribution in [1.82, 2.24) is 9.88 Å². The molecular formula is C17H27N3O2. The molecule has 1 aromatic rings. The molecule has 0 spiro atoms. The van der Waals surface area contributed by atoms with Crippen LogP contribution in [0.5, 0.6) is 0 Å². The third-order valence-electron chi connectivity index (χ3n) is 3.85. The van der Waals surface area contributed by atoms with Gasteiger partial charge < -0.3 is 15.4 Å². The van der Waals surface area contributed by atoms with Crippen LogP contribution in [-0.2, 0) is 4.74 Å². The number of aromatic nitrogens is 1. The third-order valence-corrected chi connectivity index (χ3v) is 3.85. The maximum Gasteiger partial charge on any atom is 0.410 e. The smallest absolute Gasteiger partial charge is 0.410 e. The van der Waals surface area contributed by atoms with E-state index in [1.807, 2.05) is 50.9 Å². The van der Waals surface area contributed by atoms with Gasteiger partial charge in [0, 0.05) is 24.8 Å². The summed E-state index contributed by atoms with van der Waals surface area (Å²) in [6, 6.07) is 3.96. The number of carbonyl (C=O) groups is 1. The molecule has 5 heteroatoms. The van der Waals surface area contributed by atoms with E-state index in [0.717, 1.165) is 37.1 Å². The Balaban J connectivity index is 1.98. The van der Waals surface area contributed by atoms with Gasteiger partial charge in [-0.2, -0.15) is 0 Å². The Morgan fingerprint density at radius 1 is 1.50 bits per heavy atom. The summed E-state index contributed by atoms with van der Waals surface area (Å²) in [6.45, 7) is 8.41. The van der Waals surface area contributed by atoms with E-state index in [2.05, 4.69) is 4.98 Å². The predicted octanol–water partition coefficient (Wildman–Crippen LogP) is 3.18. The van der Waals surface area contributed by atoms with Crippen molar-refractivity contribution < 1.29 is 9.53 Å². The van der Waals surface area contributed by atoms with Crippen LogP contribution in [0.2, 0.25) is 0 Å². The van der Waals surface area contributed by atoms with E-state index in [-0.39, 0.29) is 18.2 Å². The Bertz CT molecular complexity index is 508. The fourth-order valence-corrected chi connectivity index (χ4v) is 2.75. The summed E-state index contributed by atoms with van der Waals surface area (Å²) in [6.07, 6.45) is 4.28. The van der Waals surface area contributed by atoms with Gasteiger partial charge in [-0.15, -0.1) is 0 Å². The number of hydrogen-bond acceptors (Lipinski definition) is 4.